The number of amides is 1. The fraction of sp³-hybridized carbons (Fsp3) is 0.0714. The lowest BCUT2D eigenvalue weighted by molar-refractivity contribution is 0.101. The van der Waals surface area contributed by atoms with Gasteiger partial charge in [-0.05, 0) is 25.1 Å². The van der Waals surface area contributed by atoms with Crippen LogP contribution in [0.2, 0.25) is 0 Å². The zero-order valence-corrected chi connectivity index (χ0v) is 10.7. The van der Waals surface area contributed by atoms with Gasteiger partial charge in [0.1, 0.15) is 12.1 Å². The summed E-state index contributed by atoms with van der Waals surface area (Å²) in [5.41, 5.74) is 4.23. The summed E-state index contributed by atoms with van der Waals surface area (Å²) in [5.74, 6) is -0.667. The predicted molar refractivity (Wildman–Crippen MR) is 72.4 cm³/mol. The molecule has 5 nitrogen and oxygen atoms in total. The van der Waals surface area contributed by atoms with Crippen molar-refractivity contribution in [3.05, 3.63) is 60.1 Å². The van der Waals surface area contributed by atoms with Gasteiger partial charge in [0.05, 0.1) is 16.8 Å². The summed E-state index contributed by atoms with van der Waals surface area (Å²) < 4.78 is 15.1. The van der Waals surface area contributed by atoms with Gasteiger partial charge in [-0.15, -0.1) is 0 Å². The lowest BCUT2D eigenvalue weighted by Crippen LogP contribution is -2.23. The Kier molecular flexibility index (Phi) is 2.90. The van der Waals surface area contributed by atoms with Crippen LogP contribution in [-0.4, -0.2) is 20.6 Å². The van der Waals surface area contributed by atoms with Gasteiger partial charge in [0.15, 0.2) is 0 Å². The number of carbonyl (C=O) groups excluding carboxylic acids is 1. The van der Waals surface area contributed by atoms with Crippen LogP contribution >= 0.6 is 0 Å². The molecule has 1 amide bonds. The minimum atomic E-state index is -0.343. The Labute approximate surface area is 114 Å². The quantitative estimate of drug-likeness (QED) is 0.777. The van der Waals surface area contributed by atoms with Gasteiger partial charge in [0, 0.05) is 17.8 Å². The number of hydrogen-bond donors (Lipinski definition) is 1. The second-order valence-corrected chi connectivity index (χ2v) is 4.32. The van der Waals surface area contributed by atoms with Gasteiger partial charge in [-0.2, -0.15) is 0 Å². The number of nitrogens with zero attached hydrogens (tertiary/aromatic N) is 3. The average molecular weight is 270 g/mol. The number of rotatable bonds is 2. The van der Waals surface area contributed by atoms with E-state index in [2.05, 4.69) is 15.4 Å². The number of aryl methyl sites for hydroxylation is 1. The molecule has 0 saturated heterocycles. The van der Waals surface area contributed by atoms with Crippen molar-refractivity contribution < 1.29 is 9.18 Å². The number of fused-ring (bicyclic) bond motifs is 1. The average Bonchev–Trinajstić information content (AvgIpc) is 2.84. The Balaban J connectivity index is 1.96. The molecule has 3 rings (SSSR count). The maximum absolute atomic E-state index is 13.6. The number of aromatic nitrogens is 3. The number of carbonyl (C=O) groups is 1. The van der Waals surface area contributed by atoms with Crippen LogP contribution in [0, 0.1) is 12.7 Å². The monoisotopic (exact) mass is 270 g/mol. The van der Waals surface area contributed by atoms with Gasteiger partial charge >= 0.3 is 0 Å². The lowest BCUT2D eigenvalue weighted by atomic mass is 10.2. The molecule has 0 aliphatic carbocycles. The highest BCUT2D eigenvalue weighted by molar-refractivity contribution is 6.01. The normalized spacial score (nSPS) is 10.7. The van der Waals surface area contributed by atoms with Crippen molar-refractivity contribution in [3.8, 4) is 0 Å². The summed E-state index contributed by atoms with van der Waals surface area (Å²) in [4.78, 5) is 20.0. The van der Waals surface area contributed by atoms with E-state index >= 15 is 0 Å². The zero-order chi connectivity index (χ0) is 14.1. The van der Waals surface area contributed by atoms with Crippen molar-refractivity contribution >= 4 is 16.8 Å². The molecule has 0 bridgehead atoms. The van der Waals surface area contributed by atoms with Crippen molar-refractivity contribution in [1.82, 2.24) is 14.6 Å². The van der Waals surface area contributed by atoms with Crippen molar-refractivity contribution in [3.63, 3.8) is 0 Å². The molecule has 6 heteroatoms. The smallest absolute Gasteiger partial charge is 0.267 e. The first kappa shape index (κ1) is 12.3. The topological polar surface area (TPSA) is 59.8 Å². The SMILES string of the molecule is Cc1ncncc1C(=O)Nn1ccc2c(F)cccc21. The minimum absolute atomic E-state index is 0.324. The van der Waals surface area contributed by atoms with Crippen LogP contribution in [0.1, 0.15) is 16.1 Å². The van der Waals surface area contributed by atoms with Crippen LogP contribution in [0.3, 0.4) is 0 Å². The van der Waals surface area contributed by atoms with Crippen LogP contribution in [0.4, 0.5) is 4.39 Å². The molecular formula is C14H11FN4O. The summed E-state index contributed by atoms with van der Waals surface area (Å²) in [6.07, 6.45) is 4.43. The van der Waals surface area contributed by atoms with Gasteiger partial charge < -0.3 is 0 Å². The fourth-order valence-corrected chi connectivity index (χ4v) is 2.01. The number of nitrogens with one attached hydrogen (secondary N) is 1. The lowest BCUT2D eigenvalue weighted by Gasteiger charge is -2.09. The first-order valence-electron chi connectivity index (χ1n) is 6.00. The van der Waals surface area contributed by atoms with Crippen LogP contribution in [0.15, 0.2) is 43.0 Å². The number of benzene rings is 1. The van der Waals surface area contributed by atoms with E-state index in [1.54, 1.807) is 31.3 Å². The summed E-state index contributed by atoms with van der Waals surface area (Å²) in [6, 6.07) is 6.31. The Morgan fingerprint density at radius 2 is 2.20 bits per heavy atom. The van der Waals surface area contributed by atoms with E-state index in [4.69, 9.17) is 0 Å². The molecule has 100 valence electrons. The summed E-state index contributed by atoms with van der Waals surface area (Å²) in [7, 11) is 0. The summed E-state index contributed by atoms with van der Waals surface area (Å²) in [5, 5.41) is 0.453. The van der Waals surface area contributed by atoms with Crippen molar-refractivity contribution in [1.29, 1.82) is 0 Å². The van der Waals surface area contributed by atoms with Gasteiger partial charge in [-0.3, -0.25) is 14.9 Å². The maximum Gasteiger partial charge on any atom is 0.273 e. The molecule has 0 radical (unpaired) electrons. The van der Waals surface area contributed by atoms with E-state index in [0.717, 1.165) is 0 Å². The second kappa shape index (κ2) is 4.73. The van der Waals surface area contributed by atoms with Crippen LogP contribution in [0.25, 0.3) is 10.9 Å². The maximum atomic E-state index is 13.6. The van der Waals surface area contributed by atoms with Crippen LogP contribution < -0.4 is 5.43 Å². The fourth-order valence-electron chi connectivity index (χ4n) is 2.01. The third kappa shape index (κ3) is 2.01. The molecule has 0 atom stereocenters. The van der Waals surface area contributed by atoms with Crippen molar-refractivity contribution in [2.45, 2.75) is 6.92 Å². The largest absolute Gasteiger partial charge is 0.273 e. The first-order chi connectivity index (χ1) is 9.66. The highest BCUT2D eigenvalue weighted by Gasteiger charge is 2.12. The molecule has 0 spiro atoms. The van der Waals surface area contributed by atoms with E-state index in [9.17, 15) is 9.18 Å². The van der Waals surface area contributed by atoms with Gasteiger partial charge in [0.2, 0.25) is 0 Å². The predicted octanol–water partition coefficient (Wildman–Crippen LogP) is 2.26. The Bertz CT molecular complexity index is 797. The van der Waals surface area contributed by atoms with E-state index in [-0.39, 0.29) is 11.7 Å². The molecule has 0 aliphatic rings. The third-order valence-electron chi connectivity index (χ3n) is 3.06. The Morgan fingerprint density at radius 3 is 3.00 bits per heavy atom. The molecule has 2 heterocycles. The Hall–Kier alpha value is -2.76. The zero-order valence-electron chi connectivity index (χ0n) is 10.7. The minimum Gasteiger partial charge on any atom is -0.267 e. The second-order valence-electron chi connectivity index (χ2n) is 4.32. The van der Waals surface area contributed by atoms with Crippen LogP contribution in [-0.2, 0) is 0 Å². The van der Waals surface area contributed by atoms with Gasteiger partial charge in [-0.1, -0.05) is 6.07 Å². The Morgan fingerprint density at radius 1 is 1.35 bits per heavy atom. The molecule has 2 aromatic heterocycles. The summed E-state index contributed by atoms with van der Waals surface area (Å²) in [6.45, 7) is 1.73. The molecule has 1 aromatic carbocycles. The molecule has 3 aromatic rings. The van der Waals surface area contributed by atoms with Crippen LogP contribution in [0.5, 0.6) is 0 Å². The highest BCUT2D eigenvalue weighted by Crippen LogP contribution is 2.18. The molecule has 0 unspecified atom stereocenters. The number of hydrogen-bond acceptors (Lipinski definition) is 3. The third-order valence-corrected chi connectivity index (χ3v) is 3.06. The molecule has 1 N–H and O–H groups in total. The van der Waals surface area contributed by atoms with Gasteiger partial charge in [-0.25, -0.2) is 14.4 Å². The van der Waals surface area contributed by atoms with Gasteiger partial charge in [0.25, 0.3) is 5.91 Å². The number of halogens is 1. The molecule has 0 fully saturated rings. The van der Waals surface area contributed by atoms with Crippen molar-refractivity contribution in [2.75, 3.05) is 5.43 Å². The van der Waals surface area contributed by atoms with Crippen molar-refractivity contribution in [2.24, 2.45) is 0 Å². The standard InChI is InChI=1S/C14H11FN4O/c1-9-11(7-16-8-17-9)14(20)18-19-6-5-10-12(15)3-2-4-13(10)19/h2-8H,1H3,(H,18,20). The molecule has 0 aliphatic heterocycles. The van der Waals surface area contributed by atoms with E-state index in [1.807, 2.05) is 0 Å². The first-order valence-corrected chi connectivity index (χ1v) is 6.00. The van der Waals surface area contributed by atoms with E-state index < -0.39 is 0 Å². The highest BCUT2D eigenvalue weighted by atomic mass is 19.1. The molecule has 20 heavy (non-hydrogen) atoms. The molecular weight excluding hydrogens is 259 g/mol. The summed E-state index contributed by atoms with van der Waals surface area (Å²) >= 11 is 0. The van der Waals surface area contributed by atoms with E-state index in [1.165, 1.54) is 23.3 Å². The van der Waals surface area contributed by atoms with E-state index in [0.29, 0.717) is 22.2 Å². The molecule has 0 saturated carbocycles.